The minimum Gasteiger partial charge on any atom is -0.342 e. The Hall–Kier alpha value is -3.00. The van der Waals surface area contributed by atoms with E-state index in [-0.39, 0.29) is 11.8 Å². The number of rotatable bonds is 7. The first kappa shape index (κ1) is 21.7. The summed E-state index contributed by atoms with van der Waals surface area (Å²) in [5.74, 6) is -1.05. The maximum absolute atomic E-state index is 13.2. The van der Waals surface area contributed by atoms with Gasteiger partial charge in [-0.25, -0.2) is 0 Å². The number of amides is 3. The van der Waals surface area contributed by atoms with Gasteiger partial charge < -0.3 is 25.6 Å². The van der Waals surface area contributed by atoms with Crippen molar-refractivity contribution in [3.8, 4) is 0 Å². The molecule has 2 aliphatic rings. The van der Waals surface area contributed by atoms with E-state index in [0.29, 0.717) is 25.9 Å². The number of nitrogens with zero attached hydrogens (tertiary/aromatic N) is 2. The summed E-state index contributed by atoms with van der Waals surface area (Å²) >= 11 is 0. The first-order valence-electron chi connectivity index (χ1n) is 10.2. The molecule has 8 nitrogen and oxygen atoms in total. The number of carbonyl (C=O) groups is 4. The summed E-state index contributed by atoms with van der Waals surface area (Å²) in [5.41, 5.74) is 6.59. The fraction of sp³-hybridized carbons (Fsp3) is 0.455. The Morgan fingerprint density at radius 3 is 2.60 bits per heavy atom. The Kier molecular flexibility index (Phi) is 6.99. The molecule has 0 bridgehead atoms. The van der Waals surface area contributed by atoms with Crippen LogP contribution in [0.5, 0.6) is 0 Å². The molecule has 1 aromatic rings. The second kappa shape index (κ2) is 9.67. The second-order valence-electron chi connectivity index (χ2n) is 7.78. The molecule has 30 heavy (non-hydrogen) atoms. The first-order valence-corrected chi connectivity index (χ1v) is 10.2. The quantitative estimate of drug-likeness (QED) is 0.484. The molecule has 0 saturated carbocycles. The molecule has 1 aromatic carbocycles. The minimum atomic E-state index is -0.832. The van der Waals surface area contributed by atoms with Crippen LogP contribution in [0.15, 0.2) is 42.5 Å². The highest BCUT2D eigenvalue weighted by Crippen LogP contribution is 2.19. The average Bonchev–Trinajstić information content (AvgIpc) is 3.42. The van der Waals surface area contributed by atoms with E-state index in [1.54, 1.807) is 19.1 Å². The Bertz CT molecular complexity index is 824. The smallest absolute Gasteiger partial charge is 0.247 e. The highest BCUT2D eigenvalue weighted by Gasteiger charge is 2.37. The molecule has 1 saturated heterocycles. The Labute approximate surface area is 176 Å². The summed E-state index contributed by atoms with van der Waals surface area (Å²) in [6, 6.07) is 6.55. The second-order valence-corrected chi connectivity index (χ2v) is 7.78. The van der Waals surface area contributed by atoms with Gasteiger partial charge >= 0.3 is 0 Å². The maximum atomic E-state index is 13.2. The Balaban J connectivity index is 1.78. The number of hydrogen-bond donors (Lipinski definition) is 2. The molecular weight excluding hydrogens is 384 g/mol. The van der Waals surface area contributed by atoms with E-state index < -0.39 is 30.1 Å². The summed E-state index contributed by atoms with van der Waals surface area (Å²) in [7, 11) is 0. The van der Waals surface area contributed by atoms with Crippen molar-refractivity contribution in [3.05, 3.63) is 48.0 Å². The van der Waals surface area contributed by atoms with E-state index in [9.17, 15) is 19.2 Å². The number of hydrogen-bond acceptors (Lipinski definition) is 5. The number of benzene rings is 1. The van der Waals surface area contributed by atoms with Gasteiger partial charge in [-0.1, -0.05) is 42.5 Å². The van der Waals surface area contributed by atoms with Crippen molar-refractivity contribution in [1.29, 1.82) is 0 Å². The van der Waals surface area contributed by atoms with E-state index in [1.807, 2.05) is 30.3 Å². The van der Waals surface area contributed by atoms with E-state index in [2.05, 4.69) is 5.32 Å². The predicted molar refractivity (Wildman–Crippen MR) is 111 cm³/mol. The van der Waals surface area contributed by atoms with Crippen LogP contribution in [0.4, 0.5) is 0 Å². The molecule has 0 aliphatic carbocycles. The Morgan fingerprint density at radius 1 is 1.20 bits per heavy atom. The molecule has 160 valence electrons. The van der Waals surface area contributed by atoms with Gasteiger partial charge in [0.1, 0.15) is 18.4 Å². The molecule has 0 aromatic heterocycles. The van der Waals surface area contributed by atoms with E-state index in [1.165, 1.54) is 9.80 Å². The van der Waals surface area contributed by atoms with Crippen molar-refractivity contribution in [3.63, 3.8) is 0 Å². The van der Waals surface area contributed by atoms with Crippen molar-refractivity contribution in [1.82, 2.24) is 15.1 Å². The molecule has 0 spiro atoms. The van der Waals surface area contributed by atoms with Gasteiger partial charge in [-0.15, -0.1) is 0 Å². The van der Waals surface area contributed by atoms with Crippen LogP contribution in [-0.2, 0) is 25.6 Å². The molecule has 0 radical (unpaired) electrons. The van der Waals surface area contributed by atoms with Crippen LogP contribution >= 0.6 is 0 Å². The number of aldehydes is 1. The molecule has 3 N–H and O–H groups in total. The zero-order chi connectivity index (χ0) is 21.7. The van der Waals surface area contributed by atoms with E-state index in [0.717, 1.165) is 18.3 Å². The van der Waals surface area contributed by atoms with Gasteiger partial charge in [-0.2, -0.15) is 0 Å². The molecule has 2 aliphatic heterocycles. The molecular formula is C22H28N4O4. The monoisotopic (exact) mass is 412 g/mol. The van der Waals surface area contributed by atoms with Crippen molar-refractivity contribution in [2.75, 3.05) is 13.1 Å². The van der Waals surface area contributed by atoms with Gasteiger partial charge in [-0.05, 0) is 25.3 Å². The topological polar surface area (TPSA) is 113 Å². The molecule has 4 atom stereocenters. The van der Waals surface area contributed by atoms with Gasteiger partial charge in [0, 0.05) is 19.5 Å². The highest BCUT2D eigenvalue weighted by molar-refractivity contribution is 5.95. The standard InChI is InChI=1S/C22H28N4O4/c1-15(23)21(29)26-12-6-10-19(26)20(28)24-18(13-16-7-3-2-4-8-16)22(30)25-11-5-9-17(25)14-27/h2-4,6-8,10,14-15,17-19H,5,9,11-13,23H2,1H3,(H,24,28)/t15-,17-,18+,19-/m0/s1. The van der Waals surface area contributed by atoms with Gasteiger partial charge in [0.2, 0.25) is 17.7 Å². The minimum absolute atomic E-state index is 0.283. The van der Waals surface area contributed by atoms with Crippen LogP contribution in [-0.4, -0.2) is 71.1 Å². The molecule has 8 heteroatoms. The lowest BCUT2D eigenvalue weighted by atomic mass is 10.0. The van der Waals surface area contributed by atoms with Crippen LogP contribution in [0.1, 0.15) is 25.3 Å². The van der Waals surface area contributed by atoms with Crippen LogP contribution in [0, 0.1) is 0 Å². The fourth-order valence-electron chi connectivity index (χ4n) is 3.95. The maximum Gasteiger partial charge on any atom is 0.247 e. The van der Waals surface area contributed by atoms with Gasteiger partial charge in [0.15, 0.2) is 0 Å². The lowest BCUT2D eigenvalue weighted by molar-refractivity contribution is -0.141. The van der Waals surface area contributed by atoms with Gasteiger partial charge in [-0.3, -0.25) is 14.4 Å². The number of carbonyl (C=O) groups excluding carboxylic acids is 4. The third-order valence-electron chi connectivity index (χ3n) is 5.53. The zero-order valence-electron chi connectivity index (χ0n) is 17.1. The number of nitrogens with one attached hydrogen (secondary N) is 1. The van der Waals surface area contributed by atoms with Crippen molar-refractivity contribution in [2.45, 2.75) is 50.4 Å². The van der Waals surface area contributed by atoms with Crippen molar-refractivity contribution < 1.29 is 19.2 Å². The van der Waals surface area contributed by atoms with Crippen molar-refractivity contribution in [2.24, 2.45) is 5.73 Å². The molecule has 2 heterocycles. The normalized spacial score (nSPS) is 22.6. The fourth-order valence-corrected chi connectivity index (χ4v) is 3.95. The third-order valence-corrected chi connectivity index (χ3v) is 5.53. The summed E-state index contributed by atoms with van der Waals surface area (Å²) in [5, 5.41) is 2.82. The number of likely N-dealkylation sites (tertiary alicyclic amines) is 1. The zero-order valence-corrected chi connectivity index (χ0v) is 17.1. The summed E-state index contributed by atoms with van der Waals surface area (Å²) < 4.78 is 0. The average molecular weight is 412 g/mol. The largest absolute Gasteiger partial charge is 0.342 e. The third kappa shape index (κ3) is 4.76. The predicted octanol–water partition coefficient (Wildman–Crippen LogP) is 0.0180. The summed E-state index contributed by atoms with van der Waals surface area (Å²) in [6.45, 7) is 2.36. The van der Waals surface area contributed by atoms with Crippen LogP contribution in [0.2, 0.25) is 0 Å². The Morgan fingerprint density at radius 2 is 1.93 bits per heavy atom. The van der Waals surface area contributed by atoms with E-state index >= 15 is 0 Å². The molecule has 0 unspecified atom stereocenters. The molecule has 3 rings (SSSR count). The van der Waals surface area contributed by atoms with Gasteiger partial charge in [0.05, 0.1) is 12.1 Å². The number of nitrogens with two attached hydrogens (primary N) is 1. The molecule has 3 amide bonds. The van der Waals surface area contributed by atoms with Crippen molar-refractivity contribution >= 4 is 24.0 Å². The lowest BCUT2D eigenvalue weighted by Gasteiger charge is -2.30. The summed E-state index contributed by atoms with van der Waals surface area (Å²) in [6.07, 6.45) is 5.85. The van der Waals surface area contributed by atoms with Crippen LogP contribution < -0.4 is 11.1 Å². The molecule has 1 fully saturated rings. The van der Waals surface area contributed by atoms with E-state index in [4.69, 9.17) is 5.73 Å². The highest BCUT2D eigenvalue weighted by atomic mass is 16.2. The van der Waals surface area contributed by atoms with Crippen LogP contribution in [0.25, 0.3) is 0 Å². The first-order chi connectivity index (χ1) is 14.4. The lowest BCUT2D eigenvalue weighted by Crippen LogP contribution is -2.56. The van der Waals surface area contributed by atoms with Crippen LogP contribution in [0.3, 0.4) is 0 Å². The summed E-state index contributed by atoms with van der Waals surface area (Å²) in [4.78, 5) is 52.9. The SMILES string of the molecule is C[C@H](N)C(=O)N1CC=C[C@H]1C(=O)N[C@H](Cc1ccccc1)C(=O)N1CCC[C@H]1C=O. The van der Waals surface area contributed by atoms with Gasteiger partial charge in [0.25, 0.3) is 0 Å².